The third-order valence-electron chi connectivity index (χ3n) is 3.51. The number of non-ortho nitro benzene ring substituents is 1. The Labute approximate surface area is 140 Å². The van der Waals surface area contributed by atoms with Crippen molar-refractivity contribution >= 4 is 17.6 Å². The number of rotatable bonds is 9. The Morgan fingerprint density at radius 1 is 1.17 bits per heavy atom. The van der Waals surface area contributed by atoms with E-state index in [0.29, 0.717) is 13.1 Å². The molecule has 8 heteroatoms. The zero-order valence-corrected chi connectivity index (χ0v) is 14.2. The maximum absolute atomic E-state index is 12.2. The van der Waals surface area contributed by atoms with E-state index in [-0.39, 0.29) is 23.4 Å². The van der Waals surface area contributed by atoms with Gasteiger partial charge in [-0.2, -0.15) is 0 Å². The van der Waals surface area contributed by atoms with Crippen molar-refractivity contribution in [1.29, 1.82) is 0 Å². The number of likely N-dealkylation sites (N-methyl/N-ethyl adjacent to an activating group) is 1. The van der Waals surface area contributed by atoms with Gasteiger partial charge in [0.1, 0.15) is 0 Å². The molecule has 1 aromatic rings. The maximum Gasteiger partial charge on any atom is 0.338 e. The van der Waals surface area contributed by atoms with Crippen LogP contribution in [0.3, 0.4) is 0 Å². The molecule has 0 aliphatic rings. The van der Waals surface area contributed by atoms with Gasteiger partial charge in [-0.1, -0.05) is 13.8 Å². The maximum atomic E-state index is 12.2. The number of benzene rings is 1. The topological polar surface area (TPSA) is 102 Å². The zero-order valence-electron chi connectivity index (χ0n) is 14.2. The Morgan fingerprint density at radius 2 is 1.79 bits per heavy atom. The van der Waals surface area contributed by atoms with Crippen LogP contribution in [0.2, 0.25) is 0 Å². The van der Waals surface area contributed by atoms with Gasteiger partial charge in [0.2, 0.25) is 0 Å². The van der Waals surface area contributed by atoms with Crippen molar-refractivity contribution in [3.63, 3.8) is 0 Å². The predicted octanol–water partition coefficient (Wildman–Crippen LogP) is 1.84. The minimum Gasteiger partial charge on any atom is -0.462 e. The molecular weight excluding hydrogens is 314 g/mol. The summed E-state index contributed by atoms with van der Waals surface area (Å²) in [7, 11) is 0. The molecule has 0 aliphatic carbocycles. The van der Waals surface area contributed by atoms with E-state index < -0.39 is 16.8 Å². The summed E-state index contributed by atoms with van der Waals surface area (Å²) in [5.41, 5.74) is -0.277. The summed E-state index contributed by atoms with van der Waals surface area (Å²) in [4.78, 5) is 36.5. The monoisotopic (exact) mass is 337 g/mol. The summed E-state index contributed by atoms with van der Waals surface area (Å²) in [5, 5.41) is 13.7. The first kappa shape index (κ1) is 19.6. The van der Waals surface area contributed by atoms with Crippen LogP contribution in [0.4, 0.5) is 5.69 Å². The van der Waals surface area contributed by atoms with Crippen molar-refractivity contribution in [2.75, 3.05) is 32.8 Å². The third-order valence-corrected chi connectivity index (χ3v) is 3.51. The molecule has 0 saturated heterocycles. The van der Waals surface area contributed by atoms with Gasteiger partial charge >= 0.3 is 5.97 Å². The number of carbonyl (C=O) groups is 2. The number of hydrogen-bond acceptors (Lipinski definition) is 6. The molecule has 0 heterocycles. The van der Waals surface area contributed by atoms with E-state index in [2.05, 4.69) is 10.2 Å². The first-order chi connectivity index (χ1) is 11.4. The lowest BCUT2D eigenvalue weighted by molar-refractivity contribution is -0.384. The lowest BCUT2D eigenvalue weighted by atomic mass is 10.1. The Morgan fingerprint density at radius 3 is 2.33 bits per heavy atom. The Hall–Kier alpha value is -2.48. The highest BCUT2D eigenvalue weighted by Crippen LogP contribution is 2.18. The molecule has 0 bridgehead atoms. The number of ether oxygens (including phenoxy) is 1. The van der Waals surface area contributed by atoms with E-state index in [1.807, 2.05) is 13.8 Å². The highest BCUT2D eigenvalue weighted by Gasteiger charge is 2.18. The van der Waals surface area contributed by atoms with Gasteiger partial charge in [-0.3, -0.25) is 14.9 Å². The Bertz CT molecular complexity index is 599. The summed E-state index contributed by atoms with van der Waals surface area (Å²) >= 11 is 0. The number of esters is 1. The minimum absolute atomic E-state index is 0.0139. The second-order valence-electron chi connectivity index (χ2n) is 5.03. The molecule has 132 valence electrons. The molecule has 0 atom stereocenters. The molecule has 1 N–H and O–H groups in total. The van der Waals surface area contributed by atoms with Crippen molar-refractivity contribution in [2.24, 2.45) is 0 Å². The van der Waals surface area contributed by atoms with Crippen molar-refractivity contribution in [3.05, 3.63) is 39.4 Å². The molecule has 0 aliphatic heterocycles. The van der Waals surface area contributed by atoms with Crippen LogP contribution in [-0.2, 0) is 4.74 Å². The van der Waals surface area contributed by atoms with Gasteiger partial charge in [-0.05, 0) is 26.1 Å². The lowest BCUT2D eigenvalue weighted by Crippen LogP contribution is -2.34. The Balaban J connectivity index is 2.90. The second kappa shape index (κ2) is 9.61. The zero-order chi connectivity index (χ0) is 18.1. The fraction of sp³-hybridized carbons (Fsp3) is 0.500. The highest BCUT2D eigenvalue weighted by atomic mass is 16.6. The van der Waals surface area contributed by atoms with Crippen molar-refractivity contribution in [1.82, 2.24) is 10.2 Å². The molecule has 1 rings (SSSR count). The van der Waals surface area contributed by atoms with Gasteiger partial charge in [0.05, 0.1) is 17.1 Å². The number of nitrogens with zero attached hydrogens (tertiary/aromatic N) is 2. The first-order valence-electron chi connectivity index (χ1n) is 7.90. The van der Waals surface area contributed by atoms with Gasteiger partial charge < -0.3 is 15.0 Å². The molecule has 24 heavy (non-hydrogen) atoms. The van der Waals surface area contributed by atoms with Crippen LogP contribution in [0.15, 0.2) is 18.2 Å². The van der Waals surface area contributed by atoms with Crippen LogP contribution in [0.25, 0.3) is 0 Å². The third kappa shape index (κ3) is 5.62. The number of amides is 1. The van der Waals surface area contributed by atoms with E-state index in [4.69, 9.17) is 4.74 Å². The van der Waals surface area contributed by atoms with Crippen molar-refractivity contribution in [3.8, 4) is 0 Å². The quantitative estimate of drug-likeness (QED) is 0.419. The summed E-state index contributed by atoms with van der Waals surface area (Å²) in [6.45, 7) is 8.67. The van der Waals surface area contributed by atoms with E-state index >= 15 is 0 Å². The van der Waals surface area contributed by atoms with Crippen LogP contribution in [0, 0.1) is 10.1 Å². The molecule has 1 aromatic carbocycles. The molecule has 8 nitrogen and oxygen atoms in total. The number of nitrogens with one attached hydrogen (secondary N) is 1. The van der Waals surface area contributed by atoms with Gasteiger partial charge in [0.15, 0.2) is 0 Å². The average Bonchev–Trinajstić information content (AvgIpc) is 2.58. The van der Waals surface area contributed by atoms with Gasteiger partial charge in [0.25, 0.3) is 11.6 Å². The molecule has 0 saturated carbocycles. The molecule has 0 spiro atoms. The van der Waals surface area contributed by atoms with Gasteiger partial charge in [-0.25, -0.2) is 4.79 Å². The lowest BCUT2D eigenvalue weighted by Gasteiger charge is -2.18. The molecule has 0 radical (unpaired) electrons. The van der Waals surface area contributed by atoms with Crippen LogP contribution in [0.5, 0.6) is 0 Å². The molecule has 1 amide bonds. The normalized spacial score (nSPS) is 10.5. The molecule has 0 aromatic heterocycles. The van der Waals surface area contributed by atoms with Crippen LogP contribution in [0.1, 0.15) is 41.5 Å². The number of nitro benzene ring substituents is 1. The van der Waals surface area contributed by atoms with E-state index in [1.165, 1.54) is 6.07 Å². The van der Waals surface area contributed by atoms with Crippen molar-refractivity contribution in [2.45, 2.75) is 20.8 Å². The molecule has 0 fully saturated rings. The number of nitro groups is 1. The average molecular weight is 337 g/mol. The number of hydrogen-bond donors (Lipinski definition) is 1. The predicted molar refractivity (Wildman–Crippen MR) is 89.2 cm³/mol. The Kier molecular flexibility index (Phi) is 7.84. The molecule has 0 unspecified atom stereocenters. The van der Waals surface area contributed by atoms with E-state index in [0.717, 1.165) is 25.2 Å². The molecular formula is C16H23N3O5. The summed E-state index contributed by atoms with van der Waals surface area (Å²) < 4.78 is 4.84. The standard InChI is InChI=1S/C16H23N3O5/c1-4-18(5-2)8-7-17-15(20)12-9-13(16(21)24-6-3)11-14(10-12)19(22)23/h9-11H,4-8H2,1-3H3,(H,17,20). The summed E-state index contributed by atoms with van der Waals surface area (Å²) in [5.74, 6) is -1.16. The van der Waals surface area contributed by atoms with Crippen molar-refractivity contribution < 1.29 is 19.2 Å². The first-order valence-corrected chi connectivity index (χ1v) is 7.90. The van der Waals surface area contributed by atoms with E-state index in [1.54, 1.807) is 6.92 Å². The number of carbonyl (C=O) groups excluding carboxylic acids is 2. The highest BCUT2D eigenvalue weighted by molar-refractivity contribution is 5.99. The van der Waals surface area contributed by atoms with Gasteiger partial charge in [-0.15, -0.1) is 0 Å². The SMILES string of the molecule is CCOC(=O)c1cc(C(=O)NCCN(CC)CC)cc([N+](=O)[O-])c1. The van der Waals surface area contributed by atoms with Gasteiger partial charge in [0, 0.05) is 30.8 Å². The van der Waals surface area contributed by atoms with Crippen LogP contribution >= 0.6 is 0 Å². The second-order valence-corrected chi connectivity index (χ2v) is 5.03. The minimum atomic E-state index is -0.696. The largest absolute Gasteiger partial charge is 0.462 e. The smallest absolute Gasteiger partial charge is 0.338 e. The fourth-order valence-corrected chi connectivity index (χ4v) is 2.15. The summed E-state index contributed by atoms with van der Waals surface area (Å²) in [6.07, 6.45) is 0. The van der Waals surface area contributed by atoms with Crippen LogP contribution < -0.4 is 5.32 Å². The fourth-order valence-electron chi connectivity index (χ4n) is 2.15. The van der Waals surface area contributed by atoms with E-state index in [9.17, 15) is 19.7 Å². The van der Waals surface area contributed by atoms with Crippen LogP contribution in [-0.4, -0.2) is 54.5 Å². The summed E-state index contributed by atoms with van der Waals surface area (Å²) in [6, 6.07) is 3.55.